The van der Waals surface area contributed by atoms with Crippen LogP contribution in [-0.2, 0) is 4.74 Å². The Morgan fingerprint density at radius 3 is 1.43 bits per heavy atom. The average molecular weight is 228 g/mol. The highest BCUT2D eigenvalue weighted by atomic mass is 19.4. The van der Waals surface area contributed by atoms with Crippen molar-refractivity contribution < 1.29 is 35.5 Å². The molecule has 0 fully saturated rings. The molecule has 0 aliphatic heterocycles. The Morgan fingerprint density at radius 2 is 1.21 bits per heavy atom. The fourth-order valence-electron chi connectivity index (χ4n) is 0.549. The van der Waals surface area contributed by atoms with Gasteiger partial charge in [-0.3, -0.25) is 0 Å². The van der Waals surface area contributed by atoms with E-state index in [1.165, 1.54) is 0 Å². The second-order valence-corrected chi connectivity index (χ2v) is 2.84. The highest BCUT2D eigenvalue weighted by Crippen LogP contribution is 2.43. The SMILES string of the molecule is CC(C)C(F)(F)C(F)(F)OC(F)(F)F. The third-order valence-electron chi connectivity index (χ3n) is 1.36. The zero-order valence-electron chi connectivity index (χ0n) is 7.13. The minimum atomic E-state index is -5.80. The number of alkyl halides is 7. The van der Waals surface area contributed by atoms with E-state index in [0.29, 0.717) is 13.8 Å². The molecule has 0 aromatic rings. The van der Waals surface area contributed by atoms with Crippen LogP contribution in [0.15, 0.2) is 0 Å². The summed E-state index contributed by atoms with van der Waals surface area (Å²) in [6.45, 7) is 1.32. The molecule has 1 nitrogen and oxygen atoms in total. The Kier molecular flexibility index (Phi) is 3.42. The second kappa shape index (κ2) is 3.56. The second-order valence-electron chi connectivity index (χ2n) is 2.84. The summed E-state index contributed by atoms with van der Waals surface area (Å²) in [7, 11) is 0. The van der Waals surface area contributed by atoms with Crippen LogP contribution in [0.25, 0.3) is 0 Å². The number of hydrogen-bond acceptors (Lipinski definition) is 1. The lowest BCUT2D eigenvalue weighted by atomic mass is 10.1. The van der Waals surface area contributed by atoms with Gasteiger partial charge in [0.1, 0.15) is 0 Å². The summed E-state index contributed by atoms with van der Waals surface area (Å²) >= 11 is 0. The molecule has 14 heavy (non-hydrogen) atoms. The van der Waals surface area contributed by atoms with E-state index in [0.717, 1.165) is 0 Å². The molecule has 0 saturated carbocycles. The fourth-order valence-corrected chi connectivity index (χ4v) is 0.549. The minimum Gasteiger partial charge on any atom is -0.221 e. The van der Waals surface area contributed by atoms with Crippen LogP contribution in [0, 0.1) is 5.92 Å². The van der Waals surface area contributed by atoms with E-state index in [1.54, 1.807) is 0 Å². The molecule has 0 N–H and O–H groups in total. The van der Waals surface area contributed by atoms with Crippen molar-refractivity contribution >= 4 is 0 Å². The zero-order valence-corrected chi connectivity index (χ0v) is 7.13. The monoisotopic (exact) mass is 228 g/mol. The Hall–Kier alpha value is -0.530. The van der Waals surface area contributed by atoms with Crippen LogP contribution in [-0.4, -0.2) is 18.4 Å². The van der Waals surface area contributed by atoms with Gasteiger partial charge in [0.2, 0.25) is 0 Å². The lowest BCUT2D eigenvalue weighted by Gasteiger charge is -2.29. The van der Waals surface area contributed by atoms with Crippen LogP contribution in [0.5, 0.6) is 0 Å². The van der Waals surface area contributed by atoms with Crippen LogP contribution >= 0.6 is 0 Å². The van der Waals surface area contributed by atoms with E-state index in [9.17, 15) is 30.7 Å². The molecular formula is C6H7F7O. The highest BCUT2D eigenvalue weighted by molar-refractivity contribution is 4.80. The Bertz CT molecular complexity index is 195. The lowest BCUT2D eigenvalue weighted by molar-refractivity contribution is -0.470. The summed E-state index contributed by atoms with van der Waals surface area (Å²) < 4.78 is 85.5. The minimum absolute atomic E-state index is 0.660. The van der Waals surface area contributed by atoms with E-state index in [4.69, 9.17) is 0 Å². The van der Waals surface area contributed by atoms with Crippen LogP contribution < -0.4 is 0 Å². The predicted molar refractivity (Wildman–Crippen MR) is 31.9 cm³/mol. The maximum absolute atomic E-state index is 12.5. The van der Waals surface area contributed by atoms with Crippen molar-refractivity contribution in [3.05, 3.63) is 0 Å². The normalized spacial score (nSPS) is 15.0. The van der Waals surface area contributed by atoms with Crippen molar-refractivity contribution in [3.63, 3.8) is 0 Å². The number of rotatable bonds is 3. The summed E-state index contributed by atoms with van der Waals surface area (Å²) in [5, 5.41) is 0. The topological polar surface area (TPSA) is 9.23 Å². The van der Waals surface area contributed by atoms with E-state index < -0.39 is 24.3 Å². The Morgan fingerprint density at radius 1 is 0.857 bits per heavy atom. The first kappa shape index (κ1) is 13.5. The van der Waals surface area contributed by atoms with E-state index >= 15 is 0 Å². The first-order chi connectivity index (χ1) is 5.90. The van der Waals surface area contributed by atoms with Crippen molar-refractivity contribution in [1.82, 2.24) is 0 Å². The van der Waals surface area contributed by atoms with Crippen molar-refractivity contribution in [2.75, 3.05) is 0 Å². The molecule has 0 aromatic carbocycles. The molecule has 0 saturated heterocycles. The maximum atomic E-state index is 12.5. The van der Waals surface area contributed by atoms with Crippen LogP contribution in [0.1, 0.15) is 13.8 Å². The van der Waals surface area contributed by atoms with Gasteiger partial charge < -0.3 is 0 Å². The maximum Gasteiger partial charge on any atom is 0.527 e. The number of ether oxygens (including phenoxy) is 1. The smallest absolute Gasteiger partial charge is 0.221 e. The van der Waals surface area contributed by atoms with Crippen molar-refractivity contribution in [3.8, 4) is 0 Å². The summed E-state index contributed by atoms with van der Waals surface area (Å²) in [5.41, 5.74) is 0. The first-order valence-electron chi connectivity index (χ1n) is 3.42. The number of hydrogen-bond donors (Lipinski definition) is 0. The van der Waals surface area contributed by atoms with Gasteiger partial charge in [0.05, 0.1) is 0 Å². The van der Waals surface area contributed by atoms with Crippen molar-refractivity contribution in [1.29, 1.82) is 0 Å². The van der Waals surface area contributed by atoms with Gasteiger partial charge in [-0.25, -0.2) is 4.74 Å². The molecule has 0 rings (SSSR count). The molecule has 0 heterocycles. The standard InChI is InChI=1S/C6H7F7O/c1-3(2)4(7,8)5(9,10)14-6(11,12)13/h3H,1-2H3. The van der Waals surface area contributed by atoms with Crippen molar-refractivity contribution in [2.24, 2.45) is 5.92 Å². The lowest BCUT2D eigenvalue weighted by Crippen LogP contribution is -2.49. The largest absolute Gasteiger partial charge is 0.527 e. The molecule has 8 heteroatoms. The predicted octanol–water partition coefficient (Wildman–Crippen LogP) is 3.41. The van der Waals surface area contributed by atoms with Crippen LogP contribution in [0.3, 0.4) is 0 Å². The molecule has 0 bridgehead atoms. The van der Waals surface area contributed by atoms with Crippen LogP contribution in [0.4, 0.5) is 30.7 Å². The van der Waals surface area contributed by atoms with E-state index in [1.807, 2.05) is 0 Å². The molecule has 0 atom stereocenters. The summed E-state index contributed by atoms with van der Waals surface area (Å²) in [5.74, 6) is -6.84. The van der Waals surface area contributed by atoms with Gasteiger partial charge in [0.25, 0.3) is 0 Å². The molecule has 0 spiro atoms. The third-order valence-corrected chi connectivity index (χ3v) is 1.36. The van der Waals surface area contributed by atoms with Gasteiger partial charge in [-0.05, 0) is 0 Å². The van der Waals surface area contributed by atoms with Crippen LogP contribution in [0.2, 0.25) is 0 Å². The van der Waals surface area contributed by atoms with Gasteiger partial charge in [-0.1, -0.05) is 13.8 Å². The van der Waals surface area contributed by atoms with Gasteiger partial charge in [0, 0.05) is 5.92 Å². The van der Waals surface area contributed by atoms with Gasteiger partial charge >= 0.3 is 18.4 Å². The third kappa shape index (κ3) is 3.00. The summed E-state index contributed by atoms with van der Waals surface area (Å²) in [6, 6.07) is 0. The van der Waals surface area contributed by atoms with Crippen molar-refractivity contribution in [2.45, 2.75) is 32.2 Å². The average Bonchev–Trinajstić information content (AvgIpc) is 1.80. The fraction of sp³-hybridized carbons (Fsp3) is 1.00. The molecule has 0 amide bonds. The van der Waals surface area contributed by atoms with E-state index in [-0.39, 0.29) is 0 Å². The van der Waals surface area contributed by atoms with Gasteiger partial charge in [-0.2, -0.15) is 17.6 Å². The molecule has 0 aliphatic carbocycles. The summed E-state index contributed by atoms with van der Waals surface area (Å²) in [4.78, 5) is 0. The molecular weight excluding hydrogens is 221 g/mol. The molecule has 0 radical (unpaired) electrons. The first-order valence-corrected chi connectivity index (χ1v) is 3.42. The number of halogens is 7. The zero-order chi connectivity index (χ0) is 11.8. The van der Waals surface area contributed by atoms with Gasteiger partial charge in [0.15, 0.2) is 0 Å². The molecule has 0 unspecified atom stereocenters. The highest BCUT2D eigenvalue weighted by Gasteiger charge is 2.64. The van der Waals surface area contributed by atoms with E-state index in [2.05, 4.69) is 4.74 Å². The Labute approximate surface area is 74.8 Å². The van der Waals surface area contributed by atoms with Gasteiger partial charge in [-0.15, -0.1) is 13.2 Å². The quantitative estimate of drug-likeness (QED) is 0.672. The summed E-state index contributed by atoms with van der Waals surface area (Å²) in [6.07, 6.45) is -11.4. The molecule has 0 aliphatic rings. The molecule has 0 aromatic heterocycles. The Balaban J connectivity index is 4.78. The molecule has 86 valence electrons.